The standard InChI is InChI=1S/C17H18N6O/c1-10(2)23-9-12(19-21-23)8-22-14-7-5-4-6-13(14)15-11(3)18-20-17(24)16(15)22/h4-7,9-10H,8H2,1-3H3,(H,20,24). The molecule has 0 aliphatic rings. The molecule has 1 N–H and O–H groups in total. The zero-order valence-corrected chi connectivity index (χ0v) is 13.8. The monoisotopic (exact) mass is 322 g/mol. The third kappa shape index (κ3) is 2.12. The van der Waals surface area contributed by atoms with Crippen molar-refractivity contribution in [3.8, 4) is 0 Å². The second-order valence-electron chi connectivity index (χ2n) is 6.25. The van der Waals surface area contributed by atoms with Gasteiger partial charge >= 0.3 is 0 Å². The van der Waals surface area contributed by atoms with Crippen LogP contribution in [0.25, 0.3) is 21.8 Å². The van der Waals surface area contributed by atoms with E-state index in [2.05, 4.69) is 34.4 Å². The van der Waals surface area contributed by atoms with Crippen LogP contribution in [0.5, 0.6) is 0 Å². The summed E-state index contributed by atoms with van der Waals surface area (Å²) in [6.07, 6.45) is 1.92. The van der Waals surface area contributed by atoms with Crippen LogP contribution < -0.4 is 5.56 Å². The van der Waals surface area contributed by atoms with Gasteiger partial charge in [-0.05, 0) is 26.8 Å². The van der Waals surface area contributed by atoms with Crippen molar-refractivity contribution in [3.05, 3.63) is 52.2 Å². The molecule has 3 aromatic heterocycles. The summed E-state index contributed by atoms with van der Waals surface area (Å²) in [6.45, 7) is 6.50. The number of hydrogen-bond donors (Lipinski definition) is 1. The molecule has 0 saturated carbocycles. The van der Waals surface area contributed by atoms with Crippen molar-refractivity contribution in [1.82, 2.24) is 29.8 Å². The van der Waals surface area contributed by atoms with Gasteiger partial charge in [0.15, 0.2) is 0 Å². The van der Waals surface area contributed by atoms with Crippen molar-refractivity contribution in [2.24, 2.45) is 0 Å². The van der Waals surface area contributed by atoms with Crippen molar-refractivity contribution in [2.75, 3.05) is 0 Å². The van der Waals surface area contributed by atoms with E-state index < -0.39 is 0 Å². The molecule has 3 heterocycles. The van der Waals surface area contributed by atoms with E-state index in [0.717, 1.165) is 27.7 Å². The fourth-order valence-corrected chi connectivity index (χ4v) is 3.11. The predicted molar refractivity (Wildman–Crippen MR) is 92.1 cm³/mol. The lowest BCUT2D eigenvalue weighted by Gasteiger charge is -2.04. The molecule has 0 atom stereocenters. The van der Waals surface area contributed by atoms with E-state index in [4.69, 9.17) is 0 Å². The summed E-state index contributed by atoms with van der Waals surface area (Å²) < 4.78 is 3.81. The Kier molecular flexibility index (Phi) is 3.23. The molecule has 4 aromatic rings. The average Bonchev–Trinajstić information content (AvgIpc) is 3.16. The molecule has 4 rings (SSSR count). The summed E-state index contributed by atoms with van der Waals surface area (Å²) in [5.74, 6) is 0. The summed E-state index contributed by atoms with van der Waals surface area (Å²) in [4.78, 5) is 12.4. The van der Waals surface area contributed by atoms with E-state index in [1.165, 1.54) is 0 Å². The summed E-state index contributed by atoms with van der Waals surface area (Å²) in [6, 6.07) is 8.23. The Morgan fingerprint density at radius 3 is 2.79 bits per heavy atom. The van der Waals surface area contributed by atoms with Gasteiger partial charge in [-0.25, -0.2) is 9.78 Å². The second kappa shape index (κ2) is 5.30. The van der Waals surface area contributed by atoms with Crippen molar-refractivity contribution in [1.29, 1.82) is 0 Å². The van der Waals surface area contributed by atoms with Gasteiger partial charge in [0.25, 0.3) is 5.56 Å². The Bertz CT molecular complexity index is 1100. The number of rotatable bonds is 3. The highest BCUT2D eigenvalue weighted by Crippen LogP contribution is 2.28. The quantitative estimate of drug-likeness (QED) is 0.628. The van der Waals surface area contributed by atoms with Crippen LogP contribution in [0.1, 0.15) is 31.3 Å². The predicted octanol–water partition coefficient (Wildman–Crippen LogP) is 2.41. The lowest BCUT2D eigenvalue weighted by molar-refractivity contribution is 0.514. The summed E-state index contributed by atoms with van der Waals surface area (Å²) in [7, 11) is 0. The third-order valence-electron chi connectivity index (χ3n) is 4.28. The van der Waals surface area contributed by atoms with Crippen LogP contribution in [0.2, 0.25) is 0 Å². The molecule has 122 valence electrons. The molecule has 1 aromatic carbocycles. The zero-order valence-electron chi connectivity index (χ0n) is 13.8. The van der Waals surface area contributed by atoms with Crippen LogP contribution in [0.15, 0.2) is 35.3 Å². The van der Waals surface area contributed by atoms with E-state index in [1.807, 2.05) is 46.6 Å². The molecule has 0 radical (unpaired) electrons. The van der Waals surface area contributed by atoms with Crippen molar-refractivity contribution in [3.63, 3.8) is 0 Å². The molecule has 0 bridgehead atoms. The third-order valence-corrected chi connectivity index (χ3v) is 4.28. The van der Waals surface area contributed by atoms with Crippen LogP contribution in [0.4, 0.5) is 0 Å². The minimum Gasteiger partial charge on any atom is -0.330 e. The molecular formula is C17H18N6O. The van der Waals surface area contributed by atoms with Gasteiger partial charge in [0.2, 0.25) is 0 Å². The summed E-state index contributed by atoms with van der Waals surface area (Å²) in [5, 5.41) is 17.0. The van der Waals surface area contributed by atoms with Crippen LogP contribution in [0.3, 0.4) is 0 Å². The maximum absolute atomic E-state index is 12.4. The Morgan fingerprint density at radius 1 is 1.25 bits per heavy atom. The van der Waals surface area contributed by atoms with Gasteiger partial charge in [0.1, 0.15) is 11.2 Å². The highest BCUT2D eigenvalue weighted by Gasteiger charge is 2.17. The average molecular weight is 322 g/mol. The molecule has 7 heteroatoms. The molecule has 0 amide bonds. The van der Waals surface area contributed by atoms with Crippen LogP contribution in [-0.4, -0.2) is 29.8 Å². The number of H-pyrrole nitrogens is 1. The molecule has 24 heavy (non-hydrogen) atoms. The number of aromatic amines is 1. The molecular weight excluding hydrogens is 304 g/mol. The number of nitrogens with one attached hydrogen (secondary N) is 1. The molecule has 0 aliphatic carbocycles. The summed E-state index contributed by atoms with van der Waals surface area (Å²) in [5.41, 5.74) is 3.06. The largest absolute Gasteiger partial charge is 0.330 e. The van der Waals surface area contributed by atoms with Crippen LogP contribution >= 0.6 is 0 Å². The minimum absolute atomic E-state index is 0.192. The molecule has 0 saturated heterocycles. The maximum atomic E-state index is 12.4. The van der Waals surface area contributed by atoms with Gasteiger partial charge in [-0.3, -0.25) is 4.79 Å². The Morgan fingerprint density at radius 2 is 2.04 bits per heavy atom. The fourth-order valence-electron chi connectivity index (χ4n) is 3.11. The van der Waals surface area contributed by atoms with Gasteiger partial charge in [-0.15, -0.1) is 5.10 Å². The topological polar surface area (TPSA) is 81.4 Å². The molecule has 0 aliphatic heterocycles. The first kappa shape index (κ1) is 14.6. The number of benzene rings is 1. The Labute approximate surface area is 137 Å². The smallest absolute Gasteiger partial charge is 0.288 e. The first-order valence-corrected chi connectivity index (χ1v) is 7.93. The van der Waals surface area contributed by atoms with Gasteiger partial charge in [0.05, 0.1) is 18.4 Å². The number of aryl methyl sites for hydroxylation is 1. The first-order chi connectivity index (χ1) is 11.6. The molecule has 0 spiro atoms. The number of nitrogens with zero attached hydrogens (tertiary/aromatic N) is 5. The molecule has 0 unspecified atom stereocenters. The van der Waals surface area contributed by atoms with E-state index in [-0.39, 0.29) is 11.6 Å². The number of aromatic nitrogens is 6. The van der Waals surface area contributed by atoms with Crippen molar-refractivity contribution < 1.29 is 0 Å². The molecule has 0 fully saturated rings. The van der Waals surface area contributed by atoms with Gasteiger partial charge in [-0.1, -0.05) is 23.4 Å². The van der Waals surface area contributed by atoms with Gasteiger partial charge < -0.3 is 4.57 Å². The van der Waals surface area contributed by atoms with Gasteiger partial charge in [-0.2, -0.15) is 5.10 Å². The first-order valence-electron chi connectivity index (χ1n) is 7.93. The van der Waals surface area contributed by atoms with Crippen molar-refractivity contribution >= 4 is 21.8 Å². The van der Waals surface area contributed by atoms with Gasteiger partial charge in [0, 0.05) is 22.3 Å². The summed E-state index contributed by atoms with van der Waals surface area (Å²) >= 11 is 0. The number of hydrogen-bond acceptors (Lipinski definition) is 4. The fraction of sp³-hybridized carbons (Fsp3) is 0.294. The van der Waals surface area contributed by atoms with Crippen LogP contribution in [-0.2, 0) is 6.54 Å². The SMILES string of the molecule is Cc1n[nH]c(=O)c2c1c1ccccc1n2Cc1cn(C(C)C)nn1. The molecule has 7 nitrogen and oxygen atoms in total. The van der Waals surface area contributed by atoms with E-state index in [0.29, 0.717) is 12.1 Å². The highest BCUT2D eigenvalue weighted by atomic mass is 16.1. The van der Waals surface area contributed by atoms with Crippen molar-refractivity contribution in [2.45, 2.75) is 33.4 Å². The highest BCUT2D eigenvalue weighted by molar-refractivity contribution is 6.08. The Hall–Kier alpha value is -2.96. The maximum Gasteiger partial charge on any atom is 0.288 e. The van der Waals surface area contributed by atoms with E-state index in [1.54, 1.807) is 0 Å². The van der Waals surface area contributed by atoms with E-state index in [9.17, 15) is 4.79 Å². The lowest BCUT2D eigenvalue weighted by atomic mass is 10.1. The number of para-hydroxylation sites is 1. The second-order valence-corrected chi connectivity index (χ2v) is 6.25. The zero-order chi connectivity index (χ0) is 16.8. The van der Waals surface area contributed by atoms with E-state index >= 15 is 0 Å². The Balaban J connectivity index is 1.99. The number of fused-ring (bicyclic) bond motifs is 3. The van der Waals surface area contributed by atoms with Crippen LogP contribution in [0, 0.1) is 6.92 Å². The minimum atomic E-state index is -0.192. The lowest BCUT2D eigenvalue weighted by Crippen LogP contribution is -2.14. The normalized spacial score (nSPS) is 11.8.